The number of hydrogen-bond donors (Lipinski definition) is 4. The maximum Gasteiger partial charge on any atom is 0.332 e. The molecule has 3 atom stereocenters. The van der Waals surface area contributed by atoms with Crippen LogP contribution in [0.15, 0.2) is 72.8 Å². The number of hydrogen-bond acceptors (Lipinski definition) is 5. The highest BCUT2D eigenvalue weighted by atomic mass is 16.4. The van der Waals surface area contributed by atoms with Crippen molar-refractivity contribution in [1.82, 2.24) is 15.2 Å². The highest BCUT2D eigenvalue weighted by Gasteiger charge is 2.53. The van der Waals surface area contributed by atoms with E-state index in [-0.39, 0.29) is 24.1 Å². The van der Waals surface area contributed by atoms with E-state index in [9.17, 15) is 29.1 Å². The van der Waals surface area contributed by atoms with E-state index in [0.29, 0.717) is 0 Å². The first-order valence-electron chi connectivity index (χ1n) is 13.8. The lowest BCUT2D eigenvalue weighted by molar-refractivity contribution is -0.140. The summed E-state index contributed by atoms with van der Waals surface area (Å²) in [4.78, 5) is 70.4. The molecule has 6 rings (SSSR count). The van der Waals surface area contributed by atoms with E-state index in [1.54, 1.807) is 11.0 Å². The zero-order valence-corrected chi connectivity index (χ0v) is 23.1. The summed E-state index contributed by atoms with van der Waals surface area (Å²) in [6.45, 7) is 1.96. The largest absolute Gasteiger partial charge is 0.481 e. The number of amides is 4. The monoisotopic (exact) mass is 580 g/mol. The zero-order valence-electron chi connectivity index (χ0n) is 23.1. The van der Waals surface area contributed by atoms with E-state index in [1.807, 2.05) is 55.5 Å². The molecule has 1 aromatic heterocycles. The Kier molecular flexibility index (Phi) is 6.93. The number of nitrogens with one attached hydrogen (secondary N) is 2. The predicted molar refractivity (Wildman–Crippen MR) is 156 cm³/mol. The van der Waals surface area contributed by atoms with Crippen molar-refractivity contribution in [2.45, 2.75) is 44.3 Å². The van der Waals surface area contributed by atoms with Gasteiger partial charge in [0.2, 0.25) is 0 Å². The molecule has 2 aliphatic heterocycles. The van der Waals surface area contributed by atoms with Crippen LogP contribution in [-0.2, 0) is 20.8 Å². The Morgan fingerprint density at radius 1 is 0.977 bits per heavy atom. The van der Waals surface area contributed by atoms with Gasteiger partial charge in [-0.3, -0.25) is 19.3 Å². The van der Waals surface area contributed by atoms with E-state index < -0.39 is 54.3 Å². The molecule has 0 radical (unpaired) electrons. The molecule has 0 spiro atoms. The van der Waals surface area contributed by atoms with Crippen LogP contribution in [0.5, 0.6) is 0 Å². The van der Waals surface area contributed by atoms with Gasteiger partial charge in [-0.1, -0.05) is 60.2 Å². The number of imide groups is 1. The van der Waals surface area contributed by atoms with Gasteiger partial charge in [0.15, 0.2) is 0 Å². The fourth-order valence-electron chi connectivity index (χ4n) is 6.01. The van der Waals surface area contributed by atoms with Crippen molar-refractivity contribution in [3.63, 3.8) is 0 Å². The molecule has 4 aromatic rings. The minimum Gasteiger partial charge on any atom is -0.481 e. The van der Waals surface area contributed by atoms with Crippen LogP contribution in [0.25, 0.3) is 10.9 Å². The van der Waals surface area contributed by atoms with E-state index in [2.05, 4.69) is 10.3 Å². The molecule has 3 heterocycles. The number of anilines is 1. The van der Waals surface area contributed by atoms with Crippen molar-refractivity contribution in [3.05, 3.63) is 101 Å². The minimum absolute atomic E-state index is 0.0166. The van der Waals surface area contributed by atoms with Crippen LogP contribution in [0, 0.1) is 6.92 Å². The van der Waals surface area contributed by atoms with Gasteiger partial charge in [-0.15, -0.1) is 0 Å². The molecule has 0 aliphatic carbocycles. The van der Waals surface area contributed by atoms with Gasteiger partial charge in [-0.05, 0) is 42.7 Å². The summed E-state index contributed by atoms with van der Waals surface area (Å²) in [5, 5.41) is 21.8. The first-order valence-corrected chi connectivity index (χ1v) is 13.8. The maximum atomic E-state index is 14.2. The number of para-hydroxylation sites is 2. The number of carbonyl (C=O) groups excluding carboxylic acids is 3. The number of aromatic nitrogens is 1. The van der Waals surface area contributed by atoms with E-state index in [0.717, 1.165) is 38.2 Å². The zero-order chi connectivity index (χ0) is 30.4. The van der Waals surface area contributed by atoms with Crippen molar-refractivity contribution in [1.29, 1.82) is 0 Å². The van der Waals surface area contributed by atoms with Crippen LogP contribution in [0.3, 0.4) is 0 Å². The van der Waals surface area contributed by atoms with Crippen molar-refractivity contribution in [2.75, 3.05) is 4.90 Å². The third-order valence-electron chi connectivity index (χ3n) is 8.08. The molecule has 11 heteroatoms. The second-order valence-electron chi connectivity index (χ2n) is 10.8. The lowest BCUT2D eigenvalue weighted by atomic mass is 9.88. The van der Waals surface area contributed by atoms with Gasteiger partial charge >= 0.3 is 18.0 Å². The van der Waals surface area contributed by atoms with Crippen LogP contribution in [0.1, 0.15) is 51.6 Å². The fourth-order valence-corrected chi connectivity index (χ4v) is 6.01. The Morgan fingerprint density at radius 3 is 2.40 bits per heavy atom. The molecule has 1 unspecified atom stereocenters. The number of aliphatic carboxylic acids is 2. The quantitative estimate of drug-likeness (QED) is 0.229. The second kappa shape index (κ2) is 10.8. The van der Waals surface area contributed by atoms with Crippen LogP contribution < -0.4 is 10.2 Å². The number of benzene rings is 3. The van der Waals surface area contributed by atoms with Gasteiger partial charge in [-0.25, -0.2) is 14.5 Å². The predicted octanol–water partition coefficient (Wildman–Crippen LogP) is 4.01. The topological polar surface area (TPSA) is 160 Å². The van der Waals surface area contributed by atoms with Gasteiger partial charge in [-0.2, -0.15) is 0 Å². The Labute approximate surface area is 245 Å². The Morgan fingerprint density at radius 2 is 1.67 bits per heavy atom. The van der Waals surface area contributed by atoms with Crippen LogP contribution >= 0.6 is 0 Å². The second-order valence-corrected chi connectivity index (χ2v) is 10.8. The lowest BCUT2D eigenvalue weighted by Crippen LogP contribution is -2.44. The number of carboxylic acids is 2. The molecule has 0 saturated carbocycles. The number of aryl methyl sites for hydroxylation is 1. The van der Waals surface area contributed by atoms with Crippen molar-refractivity contribution < 1.29 is 34.2 Å². The lowest BCUT2D eigenvalue weighted by Gasteiger charge is -2.36. The molecule has 11 nitrogen and oxygen atoms in total. The summed E-state index contributed by atoms with van der Waals surface area (Å²) in [5.41, 5.74) is 4.46. The third kappa shape index (κ3) is 4.78. The summed E-state index contributed by atoms with van der Waals surface area (Å²) >= 11 is 0. The summed E-state index contributed by atoms with van der Waals surface area (Å²) < 4.78 is 0. The average molecular weight is 581 g/mol. The number of urea groups is 1. The first-order chi connectivity index (χ1) is 20.7. The van der Waals surface area contributed by atoms with Crippen molar-refractivity contribution >= 4 is 46.4 Å². The molecule has 1 saturated heterocycles. The Bertz CT molecular complexity index is 1800. The first kappa shape index (κ1) is 27.7. The van der Waals surface area contributed by atoms with E-state index in [4.69, 9.17) is 5.11 Å². The normalized spacial score (nSPS) is 18.3. The number of nitrogens with zero attached hydrogens (tertiary/aromatic N) is 2. The highest BCUT2D eigenvalue weighted by molar-refractivity contribution is 6.24. The maximum absolute atomic E-state index is 14.2. The fraction of sp³-hybridized carbons (Fsp3) is 0.219. The smallest absolute Gasteiger partial charge is 0.332 e. The SMILES string of the molecule is Cc1ccc(C2c3[nH]c4ccccc4c3C[C@H]3C(=O)N(c4ccccc4C(=O)N[C@@H](CCC(=O)O)C(=O)O)C(=O)N23)cc1. The number of rotatable bonds is 8. The highest BCUT2D eigenvalue weighted by Crippen LogP contribution is 2.45. The molecule has 1 fully saturated rings. The Hall–Kier alpha value is -5.45. The van der Waals surface area contributed by atoms with Crippen LogP contribution in [-0.4, -0.2) is 62.0 Å². The molecule has 2 aliphatic rings. The molecule has 4 amide bonds. The molecule has 218 valence electrons. The summed E-state index contributed by atoms with van der Waals surface area (Å²) in [6, 6.07) is 18.0. The van der Waals surface area contributed by atoms with Crippen molar-refractivity contribution in [3.8, 4) is 0 Å². The Balaban J connectivity index is 1.40. The molecule has 4 N–H and O–H groups in total. The van der Waals surface area contributed by atoms with Gasteiger partial charge in [0.25, 0.3) is 11.8 Å². The van der Waals surface area contributed by atoms with Gasteiger partial charge in [0, 0.05) is 29.4 Å². The average Bonchev–Trinajstić information content (AvgIpc) is 3.48. The van der Waals surface area contributed by atoms with Crippen molar-refractivity contribution in [2.24, 2.45) is 0 Å². The molecule has 43 heavy (non-hydrogen) atoms. The number of H-pyrrole nitrogens is 1. The summed E-state index contributed by atoms with van der Waals surface area (Å²) in [7, 11) is 0. The summed E-state index contributed by atoms with van der Waals surface area (Å²) in [6.07, 6.45) is -0.527. The number of carboxylic acid groups (broad SMARTS) is 2. The van der Waals surface area contributed by atoms with Gasteiger partial charge in [0.05, 0.1) is 11.3 Å². The third-order valence-corrected chi connectivity index (χ3v) is 8.08. The minimum atomic E-state index is -1.47. The van der Waals surface area contributed by atoms with Crippen LogP contribution in [0.4, 0.5) is 10.5 Å². The summed E-state index contributed by atoms with van der Waals surface area (Å²) in [5.74, 6) is -3.94. The number of carbonyl (C=O) groups is 5. The number of fused-ring (bicyclic) bond motifs is 4. The van der Waals surface area contributed by atoms with Gasteiger partial charge < -0.3 is 20.5 Å². The number of aromatic amines is 1. The van der Waals surface area contributed by atoms with Gasteiger partial charge in [0.1, 0.15) is 18.1 Å². The molecular weight excluding hydrogens is 552 g/mol. The standard InChI is InChI=1S/C32H28N4O7/c1-17-10-12-18(13-11-17)28-27-21(19-6-2-4-8-22(19)33-27)16-25-30(40)36(32(43)35(25)28)24-9-5-3-7-20(24)29(39)34-23(31(41)42)14-15-26(37)38/h2-13,23,25,28,33H,14-16H2,1H3,(H,34,39)(H,37,38)(H,41,42)/t23-,25-,28?/m0/s1. The molecule has 0 bridgehead atoms. The molecule has 3 aromatic carbocycles. The van der Waals surface area contributed by atoms with E-state index in [1.165, 1.54) is 18.2 Å². The molecular formula is C32H28N4O7. The van der Waals surface area contributed by atoms with Crippen LogP contribution in [0.2, 0.25) is 0 Å². The van der Waals surface area contributed by atoms with E-state index >= 15 is 0 Å².